The summed E-state index contributed by atoms with van der Waals surface area (Å²) in [6.45, 7) is 3.33. The van der Waals surface area contributed by atoms with Crippen molar-refractivity contribution >= 4 is 17.5 Å². The number of likely N-dealkylation sites (tertiary alicyclic amines) is 1. The topological polar surface area (TPSA) is 75.4 Å². The second-order valence-electron chi connectivity index (χ2n) is 7.31. The molecule has 0 radical (unpaired) electrons. The van der Waals surface area contributed by atoms with E-state index in [9.17, 15) is 9.59 Å². The average molecular weight is 365 g/mol. The van der Waals surface area contributed by atoms with Gasteiger partial charge in [-0.2, -0.15) is 0 Å². The number of benzene rings is 2. The van der Waals surface area contributed by atoms with Gasteiger partial charge in [0.25, 0.3) is 5.91 Å². The molecule has 27 heavy (non-hydrogen) atoms. The maximum absolute atomic E-state index is 12.6. The van der Waals surface area contributed by atoms with Crippen LogP contribution in [0.1, 0.15) is 48.5 Å². The minimum atomic E-state index is -1.14. The van der Waals surface area contributed by atoms with Gasteiger partial charge in [0, 0.05) is 24.3 Å². The van der Waals surface area contributed by atoms with Crippen LogP contribution in [-0.4, -0.2) is 29.8 Å². The SMILES string of the molecule is CC(N)(C(=O)Nc1ccc(C(=O)N2CCCCCC2)cc1)c1ccccc1. The summed E-state index contributed by atoms with van der Waals surface area (Å²) in [4.78, 5) is 27.2. The van der Waals surface area contributed by atoms with Crippen molar-refractivity contribution in [3.8, 4) is 0 Å². The molecule has 1 fully saturated rings. The highest BCUT2D eigenvalue weighted by Crippen LogP contribution is 2.21. The van der Waals surface area contributed by atoms with Crippen LogP contribution in [0.4, 0.5) is 5.69 Å². The fraction of sp³-hybridized carbons (Fsp3) is 0.364. The van der Waals surface area contributed by atoms with Gasteiger partial charge in [-0.15, -0.1) is 0 Å². The van der Waals surface area contributed by atoms with Gasteiger partial charge in [0.1, 0.15) is 5.54 Å². The van der Waals surface area contributed by atoms with E-state index in [1.807, 2.05) is 35.2 Å². The first-order valence-electron chi connectivity index (χ1n) is 9.54. The molecule has 0 saturated carbocycles. The van der Waals surface area contributed by atoms with E-state index in [-0.39, 0.29) is 11.8 Å². The minimum absolute atomic E-state index is 0.0581. The molecule has 0 aliphatic carbocycles. The maximum Gasteiger partial charge on any atom is 0.253 e. The zero-order valence-electron chi connectivity index (χ0n) is 15.8. The number of nitrogens with two attached hydrogens (primary N) is 1. The number of hydrogen-bond acceptors (Lipinski definition) is 3. The second-order valence-corrected chi connectivity index (χ2v) is 7.31. The van der Waals surface area contributed by atoms with Crippen LogP contribution in [0.2, 0.25) is 0 Å². The predicted molar refractivity (Wildman–Crippen MR) is 107 cm³/mol. The van der Waals surface area contributed by atoms with E-state index >= 15 is 0 Å². The van der Waals surface area contributed by atoms with E-state index in [2.05, 4.69) is 5.32 Å². The van der Waals surface area contributed by atoms with Crippen molar-refractivity contribution in [2.45, 2.75) is 38.1 Å². The molecular weight excluding hydrogens is 338 g/mol. The minimum Gasteiger partial charge on any atom is -0.339 e. The Labute approximate surface area is 160 Å². The second kappa shape index (κ2) is 8.35. The van der Waals surface area contributed by atoms with Crippen molar-refractivity contribution in [2.75, 3.05) is 18.4 Å². The zero-order valence-corrected chi connectivity index (χ0v) is 15.8. The molecule has 1 atom stereocenters. The Balaban J connectivity index is 1.66. The van der Waals surface area contributed by atoms with E-state index in [0.717, 1.165) is 31.5 Å². The van der Waals surface area contributed by atoms with Crippen molar-refractivity contribution in [1.82, 2.24) is 4.90 Å². The number of hydrogen-bond donors (Lipinski definition) is 2. The molecular formula is C22H27N3O2. The molecule has 142 valence electrons. The summed E-state index contributed by atoms with van der Waals surface area (Å²) >= 11 is 0. The molecule has 3 rings (SSSR count). The molecule has 1 aliphatic rings. The molecule has 1 aliphatic heterocycles. The third-order valence-corrected chi connectivity index (χ3v) is 5.13. The molecule has 0 spiro atoms. The molecule has 1 heterocycles. The fourth-order valence-corrected chi connectivity index (χ4v) is 3.33. The van der Waals surface area contributed by atoms with E-state index in [0.29, 0.717) is 11.3 Å². The quantitative estimate of drug-likeness (QED) is 0.870. The highest BCUT2D eigenvalue weighted by Gasteiger charge is 2.30. The van der Waals surface area contributed by atoms with E-state index < -0.39 is 5.54 Å². The lowest BCUT2D eigenvalue weighted by Gasteiger charge is -2.24. The number of anilines is 1. The molecule has 2 aromatic rings. The summed E-state index contributed by atoms with van der Waals surface area (Å²) in [5.41, 5.74) is 7.13. The van der Waals surface area contributed by atoms with Crippen LogP contribution in [0.25, 0.3) is 0 Å². The Kier molecular flexibility index (Phi) is 5.91. The predicted octanol–water partition coefficient (Wildman–Crippen LogP) is 3.52. The standard InChI is InChI=1S/C22H27N3O2/c1-22(23,18-9-5-4-6-10-18)21(27)24-19-13-11-17(12-14-19)20(26)25-15-7-2-3-8-16-25/h4-6,9-14H,2-3,7-8,15-16,23H2,1H3,(H,24,27). The summed E-state index contributed by atoms with van der Waals surface area (Å²) in [5.74, 6) is -0.233. The highest BCUT2D eigenvalue weighted by atomic mass is 16.2. The molecule has 3 N–H and O–H groups in total. The largest absolute Gasteiger partial charge is 0.339 e. The lowest BCUT2D eigenvalue weighted by atomic mass is 9.92. The van der Waals surface area contributed by atoms with Crippen LogP contribution >= 0.6 is 0 Å². The Morgan fingerprint density at radius 3 is 2.11 bits per heavy atom. The van der Waals surface area contributed by atoms with Gasteiger partial charge in [-0.25, -0.2) is 0 Å². The third kappa shape index (κ3) is 4.55. The van der Waals surface area contributed by atoms with Crippen LogP contribution in [0.3, 0.4) is 0 Å². The number of rotatable bonds is 4. The van der Waals surface area contributed by atoms with Gasteiger partial charge >= 0.3 is 0 Å². The molecule has 1 saturated heterocycles. The summed E-state index contributed by atoms with van der Waals surface area (Å²) in [5, 5.41) is 2.85. The molecule has 1 unspecified atom stereocenters. The van der Waals surface area contributed by atoms with E-state index in [4.69, 9.17) is 5.73 Å². The van der Waals surface area contributed by atoms with Crippen molar-refractivity contribution in [3.05, 3.63) is 65.7 Å². The molecule has 0 bridgehead atoms. The summed E-state index contributed by atoms with van der Waals surface area (Å²) in [7, 11) is 0. The van der Waals surface area contributed by atoms with Crippen LogP contribution < -0.4 is 11.1 Å². The highest BCUT2D eigenvalue weighted by molar-refractivity contribution is 5.99. The Bertz CT molecular complexity index is 777. The number of carbonyl (C=O) groups excluding carboxylic acids is 2. The zero-order chi connectivity index (χ0) is 19.3. The summed E-state index contributed by atoms with van der Waals surface area (Å²) in [6.07, 6.45) is 4.50. The molecule has 5 nitrogen and oxygen atoms in total. The number of nitrogens with zero attached hydrogens (tertiary/aromatic N) is 1. The van der Waals surface area contributed by atoms with Crippen molar-refractivity contribution < 1.29 is 9.59 Å². The van der Waals surface area contributed by atoms with Crippen LogP contribution in [-0.2, 0) is 10.3 Å². The first-order valence-corrected chi connectivity index (χ1v) is 9.54. The maximum atomic E-state index is 12.6. The van der Waals surface area contributed by atoms with Gasteiger partial charge in [-0.05, 0) is 49.6 Å². The molecule has 2 amide bonds. The van der Waals surface area contributed by atoms with E-state index in [1.54, 1.807) is 31.2 Å². The molecule has 0 aromatic heterocycles. The molecule has 5 heteroatoms. The first-order chi connectivity index (χ1) is 13.0. The Hall–Kier alpha value is -2.66. The van der Waals surface area contributed by atoms with Gasteiger partial charge in [0.05, 0.1) is 0 Å². The molecule has 2 aromatic carbocycles. The summed E-state index contributed by atoms with van der Waals surface area (Å²) < 4.78 is 0. The van der Waals surface area contributed by atoms with Crippen molar-refractivity contribution in [3.63, 3.8) is 0 Å². The number of carbonyl (C=O) groups is 2. The van der Waals surface area contributed by atoms with Crippen molar-refractivity contribution in [2.24, 2.45) is 5.73 Å². The van der Waals surface area contributed by atoms with Crippen molar-refractivity contribution in [1.29, 1.82) is 0 Å². The van der Waals surface area contributed by atoms with Crippen LogP contribution in [0, 0.1) is 0 Å². The fourth-order valence-electron chi connectivity index (χ4n) is 3.33. The van der Waals surface area contributed by atoms with Crippen LogP contribution in [0.5, 0.6) is 0 Å². The normalized spacial score (nSPS) is 16.9. The monoisotopic (exact) mass is 365 g/mol. The number of amides is 2. The average Bonchev–Trinajstić information content (AvgIpc) is 2.98. The summed E-state index contributed by atoms with van der Waals surface area (Å²) in [6, 6.07) is 16.3. The van der Waals surface area contributed by atoms with Crippen LogP contribution in [0.15, 0.2) is 54.6 Å². The van der Waals surface area contributed by atoms with Gasteiger partial charge in [-0.3, -0.25) is 9.59 Å². The Morgan fingerprint density at radius 1 is 0.926 bits per heavy atom. The first kappa shape index (κ1) is 19.1. The van der Waals surface area contributed by atoms with E-state index in [1.165, 1.54) is 12.8 Å². The van der Waals surface area contributed by atoms with Gasteiger partial charge in [0.2, 0.25) is 5.91 Å². The lowest BCUT2D eigenvalue weighted by molar-refractivity contribution is -0.120. The number of nitrogens with one attached hydrogen (secondary N) is 1. The van der Waals surface area contributed by atoms with Gasteiger partial charge in [-0.1, -0.05) is 43.2 Å². The van der Waals surface area contributed by atoms with Gasteiger partial charge in [0.15, 0.2) is 0 Å². The third-order valence-electron chi connectivity index (χ3n) is 5.13. The van der Waals surface area contributed by atoms with Gasteiger partial charge < -0.3 is 16.0 Å². The Morgan fingerprint density at radius 2 is 1.52 bits per heavy atom. The lowest BCUT2D eigenvalue weighted by Crippen LogP contribution is -2.45. The smallest absolute Gasteiger partial charge is 0.253 e.